The van der Waals surface area contributed by atoms with Gasteiger partial charge < -0.3 is 10.4 Å². The van der Waals surface area contributed by atoms with Crippen molar-refractivity contribution in [3.05, 3.63) is 35.9 Å². The van der Waals surface area contributed by atoms with Gasteiger partial charge in [-0.05, 0) is 31.2 Å². The van der Waals surface area contributed by atoms with E-state index < -0.39 is 0 Å². The van der Waals surface area contributed by atoms with E-state index >= 15 is 0 Å². The number of aliphatic hydroxyl groups excluding tert-OH is 1. The number of fused-ring (bicyclic) bond motifs is 1. The van der Waals surface area contributed by atoms with Crippen LogP contribution in [-0.4, -0.2) is 27.6 Å². The van der Waals surface area contributed by atoms with E-state index in [-0.39, 0.29) is 6.61 Å². The summed E-state index contributed by atoms with van der Waals surface area (Å²) in [5, 5.41) is 14.0. The molecule has 1 heterocycles. The van der Waals surface area contributed by atoms with Gasteiger partial charge in [-0.25, -0.2) is 4.98 Å². The second kappa shape index (κ2) is 5.02. The standard InChI is InChI=1S/C15H18N2OS/c1-19-15(6-7-15)10-16-14-12(9-18)8-11-4-2-3-5-13(11)17-14/h2-5,8,18H,6-7,9-10H2,1H3,(H,16,17). The third-order valence-corrected chi connectivity index (χ3v) is 5.21. The van der Waals surface area contributed by atoms with Gasteiger partial charge in [0.25, 0.3) is 0 Å². The number of pyridine rings is 1. The van der Waals surface area contributed by atoms with Crippen LogP contribution in [0.15, 0.2) is 30.3 Å². The zero-order valence-electron chi connectivity index (χ0n) is 11.0. The number of nitrogens with zero attached hydrogens (tertiary/aromatic N) is 1. The van der Waals surface area contributed by atoms with E-state index in [0.29, 0.717) is 4.75 Å². The van der Waals surface area contributed by atoms with Gasteiger partial charge in [-0.1, -0.05) is 18.2 Å². The van der Waals surface area contributed by atoms with E-state index in [2.05, 4.69) is 16.6 Å². The fourth-order valence-electron chi connectivity index (χ4n) is 2.27. The van der Waals surface area contributed by atoms with Crippen molar-refractivity contribution in [2.24, 2.45) is 0 Å². The van der Waals surface area contributed by atoms with Crippen molar-refractivity contribution < 1.29 is 5.11 Å². The van der Waals surface area contributed by atoms with Crippen LogP contribution in [0.25, 0.3) is 10.9 Å². The quantitative estimate of drug-likeness (QED) is 0.879. The molecule has 1 aromatic heterocycles. The highest BCUT2D eigenvalue weighted by atomic mass is 32.2. The number of hydrogen-bond donors (Lipinski definition) is 2. The van der Waals surface area contributed by atoms with Crippen LogP contribution in [0.2, 0.25) is 0 Å². The molecule has 3 nitrogen and oxygen atoms in total. The van der Waals surface area contributed by atoms with E-state index in [0.717, 1.165) is 28.8 Å². The molecule has 1 aliphatic rings. The molecule has 0 spiro atoms. The Morgan fingerprint density at radius 1 is 1.37 bits per heavy atom. The van der Waals surface area contributed by atoms with Crippen LogP contribution < -0.4 is 5.32 Å². The predicted octanol–water partition coefficient (Wildman–Crippen LogP) is 3.03. The lowest BCUT2D eigenvalue weighted by atomic mass is 10.1. The minimum absolute atomic E-state index is 0.0203. The summed E-state index contributed by atoms with van der Waals surface area (Å²) in [6.45, 7) is 0.943. The van der Waals surface area contributed by atoms with Crippen LogP contribution in [0.4, 0.5) is 5.82 Å². The largest absolute Gasteiger partial charge is 0.392 e. The molecule has 4 heteroatoms. The van der Waals surface area contributed by atoms with Gasteiger partial charge >= 0.3 is 0 Å². The molecule has 0 radical (unpaired) electrons. The first-order chi connectivity index (χ1) is 9.26. The molecule has 1 fully saturated rings. The summed E-state index contributed by atoms with van der Waals surface area (Å²) in [5.74, 6) is 0.821. The minimum Gasteiger partial charge on any atom is -0.392 e. The topological polar surface area (TPSA) is 45.2 Å². The molecule has 0 unspecified atom stereocenters. The Balaban J connectivity index is 1.88. The fourth-order valence-corrected chi connectivity index (χ4v) is 3.00. The number of hydrogen-bond acceptors (Lipinski definition) is 4. The fraction of sp³-hybridized carbons (Fsp3) is 0.400. The van der Waals surface area contributed by atoms with Crippen molar-refractivity contribution in [1.82, 2.24) is 4.98 Å². The summed E-state index contributed by atoms with van der Waals surface area (Å²) < 4.78 is 0.389. The van der Waals surface area contributed by atoms with Crippen molar-refractivity contribution in [3.63, 3.8) is 0 Å². The smallest absolute Gasteiger partial charge is 0.132 e. The van der Waals surface area contributed by atoms with Gasteiger partial charge in [0.05, 0.1) is 12.1 Å². The highest BCUT2D eigenvalue weighted by molar-refractivity contribution is 8.00. The van der Waals surface area contributed by atoms with Crippen molar-refractivity contribution >= 4 is 28.5 Å². The first-order valence-electron chi connectivity index (χ1n) is 6.55. The number of benzene rings is 1. The molecular formula is C15H18N2OS. The molecule has 1 aliphatic carbocycles. The van der Waals surface area contributed by atoms with Gasteiger partial charge in [0.2, 0.25) is 0 Å². The highest BCUT2D eigenvalue weighted by Gasteiger charge is 2.41. The molecule has 0 amide bonds. The Labute approximate surface area is 117 Å². The highest BCUT2D eigenvalue weighted by Crippen LogP contribution is 2.47. The number of anilines is 1. The summed E-state index contributed by atoms with van der Waals surface area (Å²) in [4.78, 5) is 4.63. The Morgan fingerprint density at radius 3 is 2.84 bits per heavy atom. The molecule has 1 saturated carbocycles. The molecule has 0 aliphatic heterocycles. The van der Waals surface area contributed by atoms with E-state index in [1.165, 1.54) is 12.8 Å². The summed E-state index contributed by atoms with van der Waals surface area (Å²) in [6, 6.07) is 10.0. The van der Waals surface area contributed by atoms with Gasteiger partial charge in [0.15, 0.2) is 0 Å². The van der Waals surface area contributed by atoms with Crippen LogP contribution in [0.1, 0.15) is 18.4 Å². The summed E-state index contributed by atoms with van der Waals surface area (Å²) in [7, 11) is 0. The Morgan fingerprint density at radius 2 is 2.16 bits per heavy atom. The zero-order chi connectivity index (χ0) is 13.3. The van der Waals surface area contributed by atoms with Crippen LogP contribution in [0.5, 0.6) is 0 Å². The molecule has 0 bridgehead atoms. The minimum atomic E-state index is 0.0203. The van der Waals surface area contributed by atoms with Crippen molar-refractivity contribution in [2.45, 2.75) is 24.2 Å². The third-order valence-electron chi connectivity index (χ3n) is 3.79. The van der Waals surface area contributed by atoms with Gasteiger partial charge in [-0.3, -0.25) is 0 Å². The monoisotopic (exact) mass is 274 g/mol. The summed E-state index contributed by atoms with van der Waals surface area (Å²) in [6.07, 6.45) is 4.70. The van der Waals surface area contributed by atoms with E-state index in [1.54, 1.807) is 0 Å². The number of para-hydroxylation sites is 1. The molecule has 1 aromatic carbocycles. The Bertz CT molecular complexity index is 596. The molecule has 0 atom stereocenters. The lowest BCUT2D eigenvalue weighted by Crippen LogP contribution is -2.19. The summed E-state index contributed by atoms with van der Waals surface area (Å²) in [5.41, 5.74) is 1.84. The van der Waals surface area contributed by atoms with E-state index in [4.69, 9.17) is 0 Å². The second-order valence-corrected chi connectivity index (χ2v) is 6.36. The zero-order valence-corrected chi connectivity index (χ0v) is 11.8. The van der Waals surface area contributed by atoms with E-state index in [1.807, 2.05) is 42.1 Å². The van der Waals surface area contributed by atoms with Crippen LogP contribution in [-0.2, 0) is 6.61 Å². The van der Waals surface area contributed by atoms with Crippen LogP contribution in [0, 0.1) is 0 Å². The number of rotatable bonds is 5. The van der Waals surface area contributed by atoms with Gasteiger partial charge in [0, 0.05) is 22.2 Å². The van der Waals surface area contributed by atoms with Gasteiger partial charge in [-0.15, -0.1) is 0 Å². The van der Waals surface area contributed by atoms with Gasteiger partial charge in [-0.2, -0.15) is 11.8 Å². The normalized spacial score (nSPS) is 16.5. The maximum Gasteiger partial charge on any atom is 0.132 e. The third kappa shape index (κ3) is 2.55. The lowest BCUT2D eigenvalue weighted by molar-refractivity contribution is 0.282. The Kier molecular flexibility index (Phi) is 3.37. The number of aromatic nitrogens is 1. The second-order valence-electron chi connectivity index (χ2n) is 5.09. The predicted molar refractivity (Wildman–Crippen MR) is 81.6 cm³/mol. The Hall–Kier alpha value is -1.26. The molecule has 2 aromatic rings. The van der Waals surface area contributed by atoms with Crippen LogP contribution >= 0.6 is 11.8 Å². The molecule has 0 saturated heterocycles. The average molecular weight is 274 g/mol. The molecule has 2 N–H and O–H groups in total. The molecule has 100 valence electrons. The maximum absolute atomic E-state index is 9.49. The van der Waals surface area contributed by atoms with Gasteiger partial charge in [0.1, 0.15) is 5.82 Å². The SMILES string of the molecule is CSC1(CNc2nc3ccccc3cc2CO)CC1. The first kappa shape index (κ1) is 12.8. The maximum atomic E-state index is 9.49. The number of thioether (sulfide) groups is 1. The van der Waals surface area contributed by atoms with Crippen molar-refractivity contribution in [3.8, 4) is 0 Å². The molecule has 3 rings (SSSR count). The van der Waals surface area contributed by atoms with E-state index in [9.17, 15) is 5.11 Å². The molecular weight excluding hydrogens is 256 g/mol. The molecule has 19 heavy (non-hydrogen) atoms. The first-order valence-corrected chi connectivity index (χ1v) is 7.77. The number of aliphatic hydroxyl groups is 1. The van der Waals surface area contributed by atoms with Crippen molar-refractivity contribution in [2.75, 3.05) is 18.1 Å². The van der Waals surface area contributed by atoms with Crippen molar-refractivity contribution in [1.29, 1.82) is 0 Å². The average Bonchev–Trinajstić information content (AvgIpc) is 3.24. The lowest BCUT2D eigenvalue weighted by Gasteiger charge is -2.16. The van der Waals surface area contributed by atoms with Crippen LogP contribution in [0.3, 0.4) is 0 Å². The number of nitrogens with one attached hydrogen (secondary N) is 1. The summed E-state index contributed by atoms with van der Waals surface area (Å²) >= 11 is 1.92.